The number of likely N-dealkylation sites (tertiary alicyclic amines) is 2. The van der Waals surface area contributed by atoms with Crippen LogP contribution in [0.15, 0.2) is 77.5 Å². The van der Waals surface area contributed by atoms with Gasteiger partial charge in [0.1, 0.15) is 17.1 Å². The molecule has 0 radical (unpaired) electrons. The number of nitrogens with zero attached hydrogens (tertiary/aromatic N) is 6. The number of carboxylic acid groups (broad SMARTS) is 3. The van der Waals surface area contributed by atoms with Gasteiger partial charge in [0.15, 0.2) is 11.4 Å². The van der Waals surface area contributed by atoms with E-state index in [9.17, 15) is 20.3 Å². The van der Waals surface area contributed by atoms with E-state index < -0.39 is 17.9 Å². The van der Waals surface area contributed by atoms with Gasteiger partial charge < -0.3 is 30.2 Å². The van der Waals surface area contributed by atoms with Crippen molar-refractivity contribution < 1.29 is 39.2 Å². The molecule has 3 aromatic carbocycles. The summed E-state index contributed by atoms with van der Waals surface area (Å²) < 4.78 is 6.28. The quantitative estimate of drug-likeness (QED) is 0.107. The number of nitriles is 1. The van der Waals surface area contributed by atoms with E-state index in [4.69, 9.17) is 34.2 Å². The summed E-state index contributed by atoms with van der Waals surface area (Å²) in [6.07, 6.45) is 4.87. The first kappa shape index (κ1) is 39.5. The molecular formula is C43H41N7O8. The number of aliphatic hydroxyl groups excluding tert-OH is 1. The number of nitrogens with one attached hydrogen (secondary N) is 1. The smallest absolute Gasteiger partial charge is 0.414 e. The first-order valence-corrected chi connectivity index (χ1v) is 18.7. The van der Waals surface area contributed by atoms with E-state index in [-0.39, 0.29) is 12.0 Å². The number of aliphatic carboxylic acids is 3. The Balaban J connectivity index is 0.000000794. The maximum atomic E-state index is 11.5. The average Bonchev–Trinajstić information content (AvgIpc) is 3.96. The summed E-state index contributed by atoms with van der Waals surface area (Å²) in [6.45, 7) is 8.21. The van der Waals surface area contributed by atoms with Gasteiger partial charge in [-0.25, -0.2) is 19.6 Å². The number of aliphatic hydroxyl groups is 1. The van der Waals surface area contributed by atoms with Gasteiger partial charge >= 0.3 is 17.9 Å². The predicted molar refractivity (Wildman–Crippen MR) is 214 cm³/mol. The van der Waals surface area contributed by atoms with Crippen molar-refractivity contribution in [3.8, 4) is 28.7 Å². The molecule has 0 unspecified atom stereocenters. The van der Waals surface area contributed by atoms with Gasteiger partial charge in [-0.2, -0.15) is 5.26 Å². The van der Waals surface area contributed by atoms with Gasteiger partial charge in [0.25, 0.3) is 0 Å². The van der Waals surface area contributed by atoms with E-state index in [0.29, 0.717) is 61.0 Å². The molecule has 0 amide bonds. The summed E-state index contributed by atoms with van der Waals surface area (Å²) >= 11 is 0. The van der Waals surface area contributed by atoms with E-state index in [1.807, 2.05) is 48.7 Å². The van der Waals surface area contributed by atoms with Crippen LogP contribution in [0, 0.1) is 31.1 Å². The van der Waals surface area contributed by atoms with Crippen LogP contribution in [0.3, 0.4) is 0 Å². The molecule has 0 spiro atoms. The van der Waals surface area contributed by atoms with Gasteiger partial charge in [-0.15, -0.1) is 0 Å². The van der Waals surface area contributed by atoms with Crippen molar-refractivity contribution in [3.05, 3.63) is 101 Å². The van der Waals surface area contributed by atoms with E-state index in [1.54, 1.807) is 6.20 Å². The van der Waals surface area contributed by atoms with Crippen LogP contribution in [-0.2, 0) is 27.5 Å². The summed E-state index contributed by atoms with van der Waals surface area (Å²) in [5, 5.41) is 48.7. The van der Waals surface area contributed by atoms with Gasteiger partial charge in [-0.1, -0.05) is 24.3 Å². The number of aromatic nitrogens is 3. The van der Waals surface area contributed by atoms with Crippen molar-refractivity contribution in [2.24, 2.45) is 5.92 Å². The Morgan fingerprint density at radius 2 is 1.55 bits per heavy atom. The number of oxazole rings is 1. The zero-order valence-corrected chi connectivity index (χ0v) is 31.8. The predicted octanol–water partition coefficient (Wildman–Crippen LogP) is 5.97. The van der Waals surface area contributed by atoms with Gasteiger partial charge in [0.2, 0.25) is 5.89 Å². The molecule has 15 nitrogen and oxygen atoms in total. The number of benzene rings is 3. The Morgan fingerprint density at radius 3 is 2.24 bits per heavy atom. The molecule has 2 aliphatic heterocycles. The lowest BCUT2D eigenvalue weighted by atomic mass is 9.93. The number of anilines is 2. The van der Waals surface area contributed by atoms with Crippen LogP contribution in [0.1, 0.15) is 40.7 Å². The Hall–Kier alpha value is -6.73. The number of pyridine rings is 2. The van der Waals surface area contributed by atoms with Crippen molar-refractivity contribution in [1.82, 2.24) is 24.8 Å². The largest absolute Gasteiger partial charge is 0.481 e. The lowest BCUT2D eigenvalue weighted by molar-refractivity contribution is -0.159. The van der Waals surface area contributed by atoms with Crippen molar-refractivity contribution in [1.29, 1.82) is 5.26 Å². The summed E-state index contributed by atoms with van der Waals surface area (Å²) in [5.74, 6) is -3.66. The van der Waals surface area contributed by atoms with Gasteiger partial charge in [-0.05, 0) is 103 Å². The SMILES string of the molecule is Cc1c(Nc2nccc3cc(CN4CC[C@@H](O)C4)cnc23)cccc1-c1cccc(-c2nc3cc(CN4CC[C@@H](C(=O)O)C4)cc(C#N)c3o2)c1C.O=C(O)C(=O)O. The minimum Gasteiger partial charge on any atom is -0.481 e. The topological polar surface area (TPSA) is 226 Å². The number of carboxylic acids is 3. The molecule has 15 heteroatoms. The fourth-order valence-corrected chi connectivity index (χ4v) is 7.66. The van der Waals surface area contributed by atoms with Crippen molar-refractivity contribution in [3.63, 3.8) is 0 Å². The fourth-order valence-electron chi connectivity index (χ4n) is 7.66. The summed E-state index contributed by atoms with van der Waals surface area (Å²) in [6, 6.07) is 22.4. The second-order valence-electron chi connectivity index (χ2n) is 14.6. The summed E-state index contributed by atoms with van der Waals surface area (Å²) in [4.78, 5) is 48.3. The normalized spacial score (nSPS) is 16.9. The molecule has 2 saturated heterocycles. The molecular weight excluding hydrogens is 743 g/mol. The van der Waals surface area contributed by atoms with E-state index in [1.165, 1.54) is 0 Å². The summed E-state index contributed by atoms with van der Waals surface area (Å²) in [7, 11) is 0. The molecule has 5 N–H and O–H groups in total. The highest BCUT2D eigenvalue weighted by Crippen LogP contribution is 2.38. The van der Waals surface area contributed by atoms with Crippen LogP contribution in [0.2, 0.25) is 0 Å². The minimum atomic E-state index is -1.82. The van der Waals surface area contributed by atoms with Crippen LogP contribution in [0.25, 0.3) is 44.6 Å². The molecule has 6 aromatic rings. The molecule has 296 valence electrons. The lowest BCUT2D eigenvalue weighted by Crippen LogP contribution is -2.22. The van der Waals surface area contributed by atoms with Crippen molar-refractivity contribution in [2.45, 2.75) is 45.9 Å². The Morgan fingerprint density at radius 1 is 0.862 bits per heavy atom. The second-order valence-corrected chi connectivity index (χ2v) is 14.6. The van der Waals surface area contributed by atoms with Crippen LogP contribution in [0.4, 0.5) is 11.5 Å². The monoisotopic (exact) mass is 783 g/mol. The van der Waals surface area contributed by atoms with Gasteiger partial charge in [0, 0.05) is 61.8 Å². The molecule has 2 fully saturated rings. The first-order valence-electron chi connectivity index (χ1n) is 18.7. The Kier molecular flexibility index (Phi) is 11.4. The highest BCUT2D eigenvalue weighted by molar-refractivity contribution is 6.27. The third-order valence-electron chi connectivity index (χ3n) is 10.6. The standard InChI is InChI=1S/C41H39N7O4.C2H2O4/c1-24-32(5-3-7-34(24)40-46-36-17-26(15-30(18-42)38(36)52-40)20-47-13-10-29(22-47)41(50)51)33-6-4-8-35(25(33)2)45-39-37-28(9-12-43-39)16-27(19-44-37)21-48-14-11-31(49)23-48;3-1(4)2(5)6/h3-9,12,15-17,19,29,31,49H,10-11,13-14,20-23H2,1-2H3,(H,43,45)(H,50,51);(H,3,4)(H,5,6)/t29-,31-;/m1./s1. The maximum Gasteiger partial charge on any atom is 0.414 e. The van der Waals surface area contributed by atoms with Crippen LogP contribution >= 0.6 is 0 Å². The number of β-amino-alcohol motifs (C(OH)–C–C–N with tert-alkyl or cyclic N) is 1. The zero-order chi connectivity index (χ0) is 41.1. The van der Waals surface area contributed by atoms with E-state index in [0.717, 1.165) is 75.0 Å². The molecule has 0 bridgehead atoms. The number of rotatable bonds is 9. The molecule has 58 heavy (non-hydrogen) atoms. The van der Waals surface area contributed by atoms with Gasteiger partial charge in [0.05, 0.1) is 17.6 Å². The maximum absolute atomic E-state index is 11.5. The highest BCUT2D eigenvalue weighted by atomic mass is 16.4. The molecule has 0 aliphatic carbocycles. The molecule has 8 rings (SSSR count). The van der Waals surface area contributed by atoms with E-state index in [2.05, 4.69) is 58.2 Å². The summed E-state index contributed by atoms with van der Waals surface area (Å²) in [5.41, 5.74) is 10.1. The number of hydrogen-bond acceptors (Lipinski definition) is 12. The minimum absolute atomic E-state index is 0.254. The van der Waals surface area contributed by atoms with Gasteiger partial charge in [-0.3, -0.25) is 19.6 Å². The van der Waals surface area contributed by atoms with Crippen molar-refractivity contribution >= 4 is 51.4 Å². The highest BCUT2D eigenvalue weighted by Gasteiger charge is 2.28. The average molecular weight is 784 g/mol. The first-order chi connectivity index (χ1) is 27.9. The molecule has 0 saturated carbocycles. The molecule has 3 aromatic heterocycles. The van der Waals surface area contributed by atoms with E-state index >= 15 is 0 Å². The molecule has 2 atom stereocenters. The lowest BCUT2D eigenvalue weighted by Gasteiger charge is -2.17. The third-order valence-corrected chi connectivity index (χ3v) is 10.6. The number of hydrogen-bond donors (Lipinski definition) is 5. The van der Waals surface area contributed by atoms with Crippen LogP contribution in [0.5, 0.6) is 0 Å². The van der Waals surface area contributed by atoms with Crippen LogP contribution in [-0.4, -0.2) is 95.4 Å². The number of fused-ring (bicyclic) bond motifs is 2. The molecule has 2 aliphatic rings. The third kappa shape index (κ3) is 8.49. The van der Waals surface area contributed by atoms with Crippen molar-refractivity contribution in [2.75, 3.05) is 31.5 Å². The molecule has 5 heterocycles. The van der Waals surface area contributed by atoms with Crippen LogP contribution < -0.4 is 5.32 Å². The number of carbonyl (C=O) groups is 3. The Bertz CT molecular complexity index is 2590. The fraction of sp³-hybridized carbons (Fsp3) is 0.279. The zero-order valence-electron chi connectivity index (χ0n) is 31.8. The Labute approximate surface area is 332 Å². The second kappa shape index (κ2) is 16.8.